The second-order valence-corrected chi connectivity index (χ2v) is 14.1. The molecule has 2 aromatic rings. The number of furan rings is 1. The first kappa shape index (κ1) is 28.0. The molecule has 208 valence electrons. The third kappa shape index (κ3) is 4.31. The van der Waals surface area contributed by atoms with Crippen LogP contribution in [0.2, 0.25) is 5.02 Å². The number of benzene rings is 1. The van der Waals surface area contributed by atoms with Gasteiger partial charge in [-0.1, -0.05) is 76.1 Å². The highest BCUT2D eigenvalue weighted by atomic mass is 35.5. The Balaban J connectivity index is 1.52. The van der Waals surface area contributed by atoms with E-state index >= 15 is 0 Å². The lowest BCUT2D eigenvalue weighted by atomic mass is 9.42. The summed E-state index contributed by atoms with van der Waals surface area (Å²) < 4.78 is 5.52. The van der Waals surface area contributed by atoms with Crippen LogP contribution < -0.4 is 5.32 Å². The van der Waals surface area contributed by atoms with Crippen LogP contribution in [0.1, 0.15) is 83.8 Å². The summed E-state index contributed by atoms with van der Waals surface area (Å²) in [5.41, 5.74) is 3.51. The number of hydrogen-bond acceptors (Lipinski definition) is 4. The van der Waals surface area contributed by atoms with E-state index in [1.165, 1.54) is 5.56 Å². The van der Waals surface area contributed by atoms with Gasteiger partial charge in [-0.15, -0.1) is 0 Å². The molecule has 1 aromatic heterocycles. The highest BCUT2D eigenvalue weighted by Gasteiger charge is 2.62. The molecule has 0 bridgehead atoms. The van der Waals surface area contributed by atoms with Gasteiger partial charge in [-0.25, -0.2) is 0 Å². The summed E-state index contributed by atoms with van der Waals surface area (Å²) in [5, 5.41) is 26.4. The van der Waals surface area contributed by atoms with Crippen molar-refractivity contribution in [2.24, 2.45) is 33.5 Å². The van der Waals surface area contributed by atoms with Crippen LogP contribution in [0.5, 0.6) is 0 Å². The summed E-state index contributed by atoms with van der Waals surface area (Å²) in [6, 6.07) is 10.2. The molecule has 0 saturated heterocycles. The van der Waals surface area contributed by atoms with Crippen LogP contribution in [0.15, 0.2) is 58.9 Å². The number of hydrogen-bond donors (Lipinski definition) is 3. The smallest absolute Gasteiger partial charge is 0.0937 e. The van der Waals surface area contributed by atoms with Gasteiger partial charge >= 0.3 is 0 Å². The van der Waals surface area contributed by atoms with Crippen molar-refractivity contribution in [3.8, 4) is 0 Å². The molecule has 5 rings (SSSR count). The molecule has 0 spiro atoms. The van der Waals surface area contributed by atoms with Gasteiger partial charge in [-0.3, -0.25) is 0 Å². The van der Waals surface area contributed by atoms with Crippen molar-refractivity contribution >= 4 is 11.6 Å². The second-order valence-electron chi connectivity index (χ2n) is 13.7. The van der Waals surface area contributed by atoms with E-state index in [2.05, 4.69) is 58.1 Å². The molecule has 1 heterocycles. The summed E-state index contributed by atoms with van der Waals surface area (Å²) in [5.74, 6) is 0.828. The molecule has 5 heteroatoms. The van der Waals surface area contributed by atoms with Gasteiger partial charge < -0.3 is 19.9 Å². The third-order valence-corrected chi connectivity index (χ3v) is 11.8. The molecule has 0 amide bonds. The number of allylic oxidation sites excluding steroid dienone is 1. The Morgan fingerprint density at radius 1 is 1.05 bits per heavy atom. The van der Waals surface area contributed by atoms with E-state index in [9.17, 15) is 10.2 Å². The number of fused-ring (bicyclic) bond motifs is 1. The molecule has 3 aliphatic rings. The van der Waals surface area contributed by atoms with Crippen LogP contribution >= 0.6 is 11.6 Å². The van der Waals surface area contributed by atoms with Crippen LogP contribution in [0.3, 0.4) is 0 Å². The van der Waals surface area contributed by atoms with Crippen LogP contribution in [-0.4, -0.2) is 29.5 Å². The standard InChI is InChI=1S/C33H46ClNO3/c1-30(2)28(19-36)32(4,16-13-29(30)37)27-12-15-31(3)24(23-14-17-38-20-23)10-11-26(31)33(27,5)21-35-18-22-8-6-7-9-25(22)34/h6-9,11,14,17,20,24,27-29,35-37H,10,12-13,15-16,18-19,21H2,1-5H3/t24-,27?,28-,29+,31-,32+,33?/m0/s1. The molecule has 2 unspecified atom stereocenters. The lowest BCUT2D eigenvalue weighted by molar-refractivity contribution is -0.157. The number of aliphatic hydroxyl groups is 2. The van der Waals surface area contributed by atoms with Crippen molar-refractivity contribution in [3.05, 3.63) is 70.7 Å². The zero-order valence-electron chi connectivity index (χ0n) is 23.8. The van der Waals surface area contributed by atoms with Crippen molar-refractivity contribution in [2.45, 2.75) is 85.3 Å². The second kappa shape index (κ2) is 10.1. The monoisotopic (exact) mass is 539 g/mol. The van der Waals surface area contributed by atoms with Gasteiger partial charge in [0.1, 0.15) is 0 Å². The molecule has 7 atom stereocenters. The van der Waals surface area contributed by atoms with Gasteiger partial charge in [-0.05, 0) is 89.4 Å². The van der Waals surface area contributed by atoms with E-state index in [0.717, 1.165) is 55.8 Å². The van der Waals surface area contributed by atoms with Crippen molar-refractivity contribution in [2.75, 3.05) is 13.2 Å². The van der Waals surface area contributed by atoms with Gasteiger partial charge in [0.25, 0.3) is 0 Å². The lowest BCUT2D eigenvalue weighted by Gasteiger charge is -2.63. The highest BCUT2D eigenvalue weighted by Crippen LogP contribution is 2.69. The van der Waals surface area contributed by atoms with Crippen molar-refractivity contribution < 1.29 is 14.6 Å². The first-order valence-electron chi connectivity index (χ1n) is 14.4. The summed E-state index contributed by atoms with van der Waals surface area (Å²) in [6.07, 6.45) is 10.8. The molecule has 0 aliphatic heterocycles. The van der Waals surface area contributed by atoms with Crippen LogP contribution in [0.4, 0.5) is 0 Å². The maximum absolute atomic E-state index is 11.0. The average molecular weight is 540 g/mol. The summed E-state index contributed by atoms with van der Waals surface area (Å²) in [4.78, 5) is 0. The third-order valence-electron chi connectivity index (χ3n) is 11.5. The minimum Gasteiger partial charge on any atom is -0.472 e. The van der Waals surface area contributed by atoms with E-state index < -0.39 is 0 Å². The quantitative estimate of drug-likeness (QED) is 0.322. The van der Waals surface area contributed by atoms with Gasteiger partial charge in [-0.2, -0.15) is 0 Å². The molecule has 2 fully saturated rings. The lowest BCUT2D eigenvalue weighted by Crippen LogP contribution is -2.60. The summed E-state index contributed by atoms with van der Waals surface area (Å²) in [6.45, 7) is 13.3. The first-order valence-corrected chi connectivity index (χ1v) is 14.8. The number of halogens is 1. The average Bonchev–Trinajstić information content (AvgIpc) is 3.51. The Hall–Kier alpha value is -1.59. The van der Waals surface area contributed by atoms with Gasteiger partial charge in [0.05, 0.1) is 18.6 Å². The van der Waals surface area contributed by atoms with Crippen LogP contribution in [0, 0.1) is 33.5 Å². The maximum atomic E-state index is 11.0. The SMILES string of the molecule is CC1(CNCc2ccccc2Cl)C2=CC[C@@H](c3ccoc3)[C@]2(C)CCC1[C@@]1(C)CC[C@@H](O)C(C)(C)[C@@H]1CO. The Bertz CT molecular complexity index is 1160. The molecule has 2 saturated carbocycles. The van der Waals surface area contributed by atoms with Crippen LogP contribution in [0.25, 0.3) is 0 Å². The van der Waals surface area contributed by atoms with Gasteiger partial charge in [0, 0.05) is 30.1 Å². The van der Waals surface area contributed by atoms with Crippen molar-refractivity contribution in [3.63, 3.8) is 0 Å². The fourth-order valence-electron chi connectivity index (χ4n) is 9.35. The van der Waals surface area contributed by atoms with E-state index in [4.69, 9.17) is 16.0 Å². The fraction of sp³-hybridized carbons (Fsp3) is 0.636. The van der Waals surface area contributed by atoms with Gasteiger partial charge in [0.2, 0.25) is 0 Å². The van der Waals surface area contributed by atoms with E-state index in [0.29, 0.717) is 11.8 Å². The normalized spacial score (nSPS) is 38.6. The predicted octanol–water partition coefficient (Wildman–Crippen LogP) is 7.35. The maximum Gasteiger partial charge on any atom is 0.0937 e. The van der Waals surface area contributed by atoms with E-state index in [1.807, 2.05) is 24.5 Å². The zero-order valence-corrected chi connectivity index (χ0v) is 24.5. The Kier molecular flexibility index (Phi) is 7.44. The molecule has 3 N–H and O–H groups in total. The van der Waals surface area contributed by atoms with Crippen LogP contribution in [-0.2, 0) is 6.54 Å². The molecule has 38 heavy (non-hydrogen) atoms. The molecule has 4 nitrogen and oxygen atoms in total. The number of aliphatic hydroxyl groups excluding tert-OH is 2. The molecular weight excluding hydrogens is 494 g/mol. The Morgan fingerprint density at radius 3 is 2.50 bits per heavy atom. The molecule has 0 radical (unpaired) electrons. The Labute approximate surface area is 233 Å². The fourth-order valence-corrected chi connectivity index (χ4v) is 9.55. The molecule has 3 aliphatic carbocycles. The minimum absolute atomic E-state index is 0.0303. The molecule has 1 aromatic carbocycles. The first-order chi connectivity index (χ1) is 18.0. The largest absolute Gasteiger partial charge is 0.472 e. The highest BCUT2D eigenvalue weighted by molar-refractivity contribution is 6.31. The van der Waals surface area contributed by atoms with E-state index in [-0.39, 0.29) is 40.3 Å². The summed E-state index contributed by atoms with van der Waals surface area (Å²) in [7, 11) is 0. The topological polar surface area (TPSA) is 65.6 Å². The predicted molar refractivity (Wildman–Crippen MR) is 154 cm³/mol. The number of rotatable bonds is 7. The number of nitrogens with one attached hydrogen (secondary N) is 1. The molecular formula is C33H46ClNO3. The van der Waals surface area contributed by atoms with Crippen molar-refractivity contribution in [1.82, 2.24) is 5.32 Å². The van der Waals surface area contributed by atoms with Crippen molar-refractivity contribution in [1.29, 1.82) is 0 Å². The van der Waals surface area contributed by atoms with E-state index in [1.54, 1.807) is 11.8 Å². The minimum atomic E-state index is -0.387. The van der Waals surface area contributed by atoms with Gasteiger partial charge in [0.15, 0.2) is 0 Å². The summed E-state index contributed by atoms with van der Waals surface area (Å²) >= 11 is 6.51. The zero-order chi connectivity index (χ0) is 27.3. The Morgan fingerprint density at radius 2 is 1.82 bits per heavy atom.